The summed E-state index contributed by atoms with van der Waals surface area (Å²) in [6, 6.07) is 0.597. The molecule has 4 nitrogen and oxygen atoms in total. The zero-order chi connectivity index (χ0) is 10.6. The summed E-state index contributed by atoms with van der Waals surface area (Å²) in [5.41, 5.74) is 5.90. The first-order chi connectivity index (χ1) is 6.63. The van der Waals surface area contributed by atoms with E-state index in [0.717, 1.165) is 25.9 Å². The quantitative estimate of drug-likeness (QED) is 0.519. The molecule has 0 aliphatic carbocycles. The highest BCUT2D eigenvalue weighted by atomic mass is 16.3. The molecule has 2 unspecified atom stereocenters. The molecule has 1 heterocycles. The highest BCUT2D eigenvalue weighted by molar-refractivity contribution is 5.00. The molecule has 0 spiro atoms. The van der Waals surface area contributed by atoms with Crippen molar-refractivity contribution in [3.8, 4) is 0 Å². The summed E-state index contributed by atoms with van der Waals surface area (Å²) < 4.78 is 0. The first-order valence-electron chi connectivity index (χ1n) is 5.40. The molecular formula is C10H23N3O. The number of aliphatic hydroxyl groups excluding tert-OH is 1. The van der Waals surface area contributed by atoms with Crippen molar-refractivity contribution in [3.05, 3.63) is 0 Å². The molecule has 1 fully saturated rings. The molecule has 0 radical (unpaired) electrons. The van der Waals surface area contributed by atoms with Crippen molar-refractivity contribution >= 4 is 0 Å². The van der Waals surface area contributed by atoms with Gasteiger partial charge in [0.25, 0.3) is 0 Å². The van der Waals surface area contributed by atoms with Gasteiger partial charge in [0.05, 0.1) is 0 Å². The maximum atomic E-state index is 8.72. The molecule has 0 aromatic carbocycles. The molecule has 0 bridgehead atoms. The fraction of sp³-hybridized carbons (Fsp3) is 1.00. The number of likely N-dealkylation sites (N-methyl/N-ethyl adjacent to an activating group) is 1. The molecule has 4 heteroatoms. The smallest absolute Gasteiger partial charge is 0.0447 e. The van der Waals surface area contributed by atoms with E-state index in [1.807, 2.05) is 0 Å². The van der Waals surface area contributed by atoms with E-state index in [2.05, 4.69) is 24.2 Å². The molecule has 1 saturated heterocycles. The summed E-state index contributed by atoms with van der Waals surface area (Å²) in [6.45, 7) is 5.02. The predicted molar refractivity (Wildman–Crippen MR) is 58.2 cm³/mol. The lowest BCUT2D eigenvalue weighted by molar-refractivity contribution is 0.264. The summed E-state index contributed by atoms with van der Waals surface area (Å²) in [5.74, 6) is 0. The second kappa shape index (κ2) is 5.07. The Kier molecular flexibility index (Phi) is 4.31. The second-order valence-electron chi connectivity index (χ2n) is 4.46. The molecule has 1 aliphatic rings. The van der Waals surface area contributed by atoms with E-state index in [1.165, 1.54) is 0 Å². The van der Waals surface area contributed by atoms with Crippen LogP contribution in [0.15, 0.2) is 0 Å². The largest absolute Gasteiger partial charge is 0.396 e. The molecular weight excluding hydrogens is 178 g/mol. The average molecular weight is 201 g/mol. The minimum atomic E-state index is 0.0728. The van der Waals surface area contributed by atoms with E-state index in [1.54, 1.807) is 0 Å². The van der Waals surface area contributed by atoms with Crippen molar-refractivity contribution in [2.24, 2.45) is 5.73 Å². The van der Waals surface area contributed by atoms with Gasteiger partial charge in [0.2, 0.25) is 0 Å². The van der Waals surface area contributed by atoms with E-state index >= 15 is 0 Å². The van der Waals surface area contributed by atoms with Crippen molar-refractivity contribution in [1.82, 2.24) is 10.2 Å². The van der Waals surface area contributed by atoms with Crippen LogP contribution in [0.4, 0.5) is 0 Å². The Morgan fingerprint density at radius 2 is 2.36 bits per heavy atom. The number of likely N-dealkylation sites (tertiary alicyclic amines) is 1. The van der Waals surface area contributed by atoms with Crippen LogP contribution in [0.5, 0.6) is 0 Å². The minimum absolute atomic E-state index is 0.0728. The third-order valence-electron chi connectivity index (χ3n) is 3.22. The van der Waals surface area contributed by atoms with Gasteiger partial charge in [-0.2, -0.15) is 0 Å². The predicted octanol–water partition coefficient (Wildman–Crippen LogP) is -0.620. The Labute approximate surface area is 86.5 Å². The van der Waals surface area contributed by atoms with Crippen LogP contribution >= 0.6 is 0 Å². The van der Waals surface area contributed by atoms with Crippen LogP contribution in [0.2, 0.25) is 0 Å². The average Bonchev–Trinajstić information content (AvgIpc) is 2.44. The summed E-state index contributed by atoms with van der Waals surface area (Å²) in [6.07, 6.45) is 1.91. The molecule has 0 aromatic heterocycles. The zero-order valence-electron chi connectivity index (χ0n) is 9.29. The maximum Gasteiger partial charge on any atom is 0.0447 e. The van der Waals surface area contributed by atoms with Crippen molar-refractivity contribution in [1.29, 1.82) is 0 Å². The van der Waals surface area contributed by atoms with E-state index in [0.29, 0.717) is 12.6 Å². The Balaban J connectivity index is 2.43. The summed E-state index contributed by atoms with van der Waals surface area (Å²) in [7, 11) is 2.13. The van der Waals surface area contributed by atoms with E-state index < -0.39 is 0 Å². The fourth-order valence-corrected chi connectivity index (χ4v) is 2.20. The van der Waals surface area contributed by atoms with E-state index in [4.69, 9.17) is 10.8 Å². The third-order valence-corrected chi connectivity index (χ3v) is 3.22. The number of nitrogens with zero attached hydrogens (tertiary/aromatic N) is 1. The number of hydrogen-bond donors (Lipinski definition) is 3. The molecule has 1 rings (SSSR count). The van der Waals surface area contributed by atoms with Crippen LogP contribution in [0, 0.1) is 0 Å². The Bertz CT molecular complexity index is 165. The standard InChI is InChI=1S/C10H23N3O/c1-9-6-10(7-11,8-13(9)2)12-4-3-5-14/h9,12,14H,3-8,11H2,1-2H3. The van der Waals surface area contributed by atoms with Gasteiger partial charge >= 0.3 is 0 Å². The molecule has 0 amide bonds. The molecule has 84 valence electrons. The zero-order valence-corrected chi connectivity index (χ0v) is 9.29. The monoisotopic (exact) mass is 201 g/mol. The van der Waals surface area contributed by atoms with Gasteiger partial charge < -0.3 is 21.1 Å². The topological polar surface area (TPSA) is 61.5 Å². The van der Waals surface area contributed by atoms with Gasteiger partial charge in [-0.25, -0.2) is 0 Å². The van der Waals surface area contributed by atoms with Crippen LogP contribution in [-0.2, 0) is 0 Å². The molecule has 2 atom stereocenters. The van der Waals surface area contributed by atoms with Crippen molar-refractivity contribution in [2.75, 3.05) is 33.3 Å². The first-order valence-corrected chi connectivity index (χ1v) is 5.40. The van der Waals surface area contributed by atoms with Crippen LogP contribution in [0.1, 0.15) is 19.8 Å². The van der Waals surface area contributed by atoms with Crippen molar-refractivity contribution in [2.45, 2.75) is 31.3 Å². The number of hydrogen-bond acceptors (Lipinski definition) is 4. The van der Waals surface area contributed by atoms with Gasteiger partial charge in [0.1, 0.15) is 0 Å². The summed E-state index contributed by atoms with van der Waals surface area (Å²) >= 11 is 0. The van der Waals surface area contributed by atoms with Crippen molar-refractivity contribution < 1.29 is 5.11 Å². The highest BCUT2D eigenvalue weighted by Crippen LogP contribution is 2.24. The lowest BCUT2D eigenvalue weighted by Crippen LogP contribution is -2.53. The summed E-state index contributed by atoms with van der Waals surface area (Å²) in [4.78, 5) is 2.33. The SMILES string of the molecule is CC1CC(CN)(NCCCO)CN1C. The number of nitrogens with one attached hydrogen (secondary N) is 1. The van der Waals surface area contributed by atoms with Crippen LogP contribution in [-0.4, -0.2) is 54.9 Å². The summed E-state index contributed by atoms with van der Waals surface area (Å²) in [5, 5.41) is 12.2. The van der Waals surface area contributed by atoms with E-state index in [-0.39, 0.29) is 12.1 Å². The molecule has 4 N–H and O–H groups in total. The lowest BCUT2D eigenvalue weighted by Gasteiger charge is -2.28. The number of nitrogens with two attached hydrogens (primary N) is 1. The van der Waals surface area contributed by atoms with Gasteiger partial charge in [-0.3, -0.25) is 0 Å². The van der Waals surface area contributed by atoms with Gasteiger partial charge in [-0.05, 0) is 33.4 Å². The Hall–Kier alpha value is -0.160. The van der Waals surface area contributed by atoms with Crippen LogP contribution in [0.3, 0.4) is 0 Å². The van der Waals surface area contributed by atoms with Crippen LogP contribution in [0.25, 0.3) is 0 Å². The van der Waals surface area contributed by atoms with Gasteiger partial charge in [-0.1, -0.05) is 0 Å². The third kappa shape index (κ3) is 2.67. The maximum absolute atomic E-state index is 8.72. The minimum Gasteiger partial charge on any atom is -0.396 e. The molecule has 14 heavy (non-hydrogen) atoms. The lowest BCUT2D eigenvalue weighted by atomic mass is 9.96. The van der Waals surface area contributed by atoms with Crippen molar-refractivity contribution in [3.63, 3.8) is 0 Å². The van der Waals surface area contributed by atoms with E-state index in [9.17, 15) is 0 Å². The molecule has 1 aliphatic heterocycles. The van der Waals surface area contributed by atoms with Gasteiger partial charge in [0, 0.05) is 31.3 Å². The van der Waals surface area contributed by atoms with Gasteiger partial charge in [0.15, 0.2) is 0 Å². The molecule has 0 aromatic rings. The second-order valence-corrected chi connectivity index (χ2v) is 4.46. The molecule has 0 saturated carbocycles. The number of rotatable bonds is 5. The highest BCUT2D eigenvalue weighted by Gasteiger charge is 2.38. The van der Waals surface area contributed by atoms with Crippen LogP contribution < -0.4 is 11.1 Å². The Morgan fingerprint density at radius 3 is 2.79 bits per heavy atom. The van der Waals surface area contributed by atoms with Gasteiger partial charge in [-0.15, -0.1) is 0 Å². The first kappa shape index (κ1) is 11.9. The normalized spacial score (nSPS) is 33.9. The fourth-order valence-electron chi connectivity index (χ4n) is 2.20. The number of aliphatic hydroxyl groups is 1. The Morgan fingerprint density at radius 1 is 1.64 bits per heavy atom.